The van der Waals surface area contributed by atoms with E-state index in [-0.39, 0.29) is 0 Å². The Bertz CT molecular complexity index is 147. The van der Waals surface area contributed by atoms with Crippen molar-refractivity contribution in [3.8, 4) is 0 Å². The van der Waals surface area contributed by atoms with Gasteiger partial charge in [0.2, 0.25) is 0 Å². The number of aliphatic imine (C=N–C) groups is 1. The van der Waals surface area contributed by atoms with E-state index in [0.717, 1.165) is 11.4 Å². The molecular weight excluding hydrogens is 142 g/mol. The molecule has 0 amide bonds. The first-order chi connectivity index (χ1) is 4.81. The molecule has 0 aromatic heterocycles. The molecule has 0 unspecified atom stereocenters. The highest BCUT2D eigenvalue weighted by Gasteiger charge is 1.74. The van der Waals surface area contributed by atoms with Crippen LogP contribution in [0.1, 0.15) is 6.92 Å². The fourth-order valence-corrected chi connectivity index (χ4v) is 0.591. The second-order valence-corrected chi connectivity index (χ2v) is 2.70. The average Bonchev–Trinajstić information content (AvgIpc) is 1.98. The highest BCUT2D eigenvalue weighted by molar-refractivity contribution is 7.98. The quantitative estimate of drug-likeness (QED) is 0.449. The van der Waals surface area contributed by atoms with Crippen molar-refractivity contribution in [3.05, 3.63) is 24.3 Å². The SMILES string of the molecule is C=C/C(C)=C\C=NCSC. The van der Waals surface area contributed by atoms with Crippen LogP contribution in [0.3, 0.4) is 0 Å². The number of rotatable bonds is 4. The molecule has 0 saturated carbocycles. The molecular formula is C8H13NS. The summed E-state index contributed by atoms with van der Waals surface area (Å²) in [5.74, 6) is 0.834. The van der Waals surface area contributed by atoms with Crippen molar-refractivity contribution in [2.75, 3.05) is 12.1 Å². The standard InChI is InChI=1S/C8H13NS/c1-4-8(2)5-6-9-7-10-3/h4-6H,1,7H2,2-3H3/b8-5-,9-6?. The Kier molecular flexibility index (Phi) is 6.29. The van der Waals surface area contributed by atoms with Gasteiger partial charge in [-0.1, -0.05) is 18.2 Å². The molecule has 0 fully saturated rings. The second-order valence-electron chi connectivity index (χ2n) is 1.86. The molecule has 0 radical (unpaired) electrons. The third-order valence-electron chi connectivity index (χ3n) is 0.968. The van der Waals surface area contributed by atoms with Crippen molar-refractivity contribution in [1.29, 1.82) is 0 Å². The number of hydrogen-bond donors (Lipinski definition) is 0. The van der Waals surface area contributed by atoms with Crippen molar-refractivity contribution in [2.24, 2.45) is 4.99 Å². The van der Waals surface area contributed by atoms with Gasteiger partial charge in [0.05, 0.1) is 5.88 Å². The maximum absolute atomic E-state index is 4.09. The summed E-state index contributed by atoms with van der Waals surface area (Å²) < 4.78 is 0. The molecule has 0 bridgehead atoms. The van der Waals surface area contributed by atoms with Gasteiger partial charge in [-0.05, 0) is 19.3 Å². The minimum Gasteiger partial charge on any atom is -0.282 e. The zero-order chi connectivity index (χ0) is 7.82. The minimum atomic E-state index is 0.834. The Labute approximate surface area is 66.9 Å². The third-order valence-corrected chi connectivity index (χ3v) is 1.38. The van der Waals surface area contributed by atoms with E-state index < -0.39 is 0 Å². The smallest absolute Gasteiger partial charge is 0.0841 e. The molecule has 0 rings (SSSR count). The van der Waals surface area contributed by atoms with Crippen LogP contribution in [0, 0.1) is 0 Å². The van der Waals surface area contributed by atoms with Crippen LogP contribution in [0.15, 0.2) is 29.3 Å². The fourth-order valence-electron chi connectivity index (χ4n) is 0.356. The maximum Gasteiger partial charge on any atom is 0.0841 e. The zero-order valence-electron chi connectivity index (χ0n) is 6.50. The Morgan fingerprint density at radius 3 is 2.90 bits per heavy atom. The lowest BCUT2D eigenvalue weighted by atomic mass is 10.3. The average molecular weight is 155 g/mol. The van der Waals surface area contributed by atoms with Gasteiger partial charge in [-0.2, -0.15) is 0 Å². The van der Waals surface area contributed by atoms with Crippen LogP contribution in [0.2, 0.25) is 0 Å². The van der Waals surface area contributed by atoms with Crippen LogP contribution < -0.4 is 0 Å². The van der Waals surface area contributed by atoms with Gasteiger partial charge in [0.15, 0.2) is 0 Å². The molecule has 0 aliphatic carbocycles. The predicted molar refractivity (Wildman–Crippen MR) is 50.8 cm³/mol. The molecule has 1 nitrogen and oxygen atoms in total. The number of nitrogens with zero attached hydrogens (tertiary/aromatic N) is 1. The first-order valence-corrected chi connectivity index (χ1v) is 4.48. The van der Waals surface area contributed by atoms with Crippen molar-refractivity contribution >= 4 is 18.0 Å². The minimum absolute atomic E-state index is 0.834. The summed E-state index contributed by atoms with van der Waals surface area (Å²) in [4.78, 5) is 4.09. The summed E-state index contributed by atoms with van der Waals surface area (Å²) in [5, 5.41) is 0. The lowest BCUT2D eigenvalue weighted by molar-refractivity contribution is 1.40. The van der Waals surface area contributed by atoms with Crippen LogP contribution in [-0.4, -0.2) is 18.3 Å². The van der Waals surface area contributed by atoms with Crippen molar-refractivity contribution < 1.29 is 0 Å². The highest BCUT2D eigenvalue weighted by atomic mass is 32.2. The summed E-state index contributed by atoms with van der Waals surface area (Å²) in [7, 11) is 0. The molecule has 56 valence electrons. The summed E-state index contributed by atoms with van der Waals surface area (Å²) in [6.07, 6.45) is 7.60. The summed E-state index contributed by atoms with van der Waals surface area (Å²) >= 11 is 1.71. The maximum atomic E-state index is 4.09. The summed E-state index contributed by atoms with van der Waals surface area (Å²) in [6.45, 7) is 5.62. The van der Waals surface area contributed by atoms with E-state index in [1.165, 1.54) is 0 Å². The Hall–Kier alpha value is -0.500. The largest absolute Gasteiger partial charge is 0.282 e. The Morgan fingerprint density at radius 1 is 1.70 bits per heavy atom. The molecule has 0 heterocycles. The van der Waals surface area contributed by atoms with Crippen LogP contribution in [0.5, 0.6) is 0 Å². The Balaban J connectivity index is 3.59. The van der Waals surface area contributed by atoms with Crippen LogP contribution in [0.4, 0.5) is 0 Å². The number of thioether (sulfide) groups is 1. The van der Waals surface area contributed by atoms with E-state index in [1.54, 1.807) is 11.8 Å². The molecule has 0 atom stereocenters. The monoisotopic (exact) mass is 155 g/mol. The van der Waals surface area contributed by atoms with Gasteiger partial charge in [0.1, 0.15) is 0 Å². The van der Waals surface area contributed by atoms with Gasteiger partial charge in [0.25, 0.3) is 0 Å². The van der Waals surface area contributed by atoms with E-state index in [2.05, 4.69) is 11.6 Å². The van der Waals surface area contributed by atoms with Crippen molar-refractivity contribution in [1.82, 2.24) is 0 Å². The first kappa shape index (κ1) is 9.50. The van der Waals surface area contributed by atoms with Crippen molar-refractivity contribution in [2.45, 2.75) is 6.92 Å². The molecule has 0 saturated heterocycles. The van der Waals surface area contributed by atoms with Crippen molar-refractivity contribution in [3.63, 3.8) is 0 Å². The summed E-state index contributed by atoms with van der Waals surface area (Å²) in [6, 6.07) is 0. The van der Waals surface area contributed by atoms with E-state index in [9.17, 15) is 0 Å². The normalized spacial score (nSPS) is 12.4. The Morgan fingerprint density at radius 2 is 2.40 bits per heavy atom. The topological polar surface area (TPSA) is 12.4 Å². The van der Waals surface area contributed by atoms with Crippen LogP contribution in [0.25, 0.3) is 0 Å². The molecule has 0 aromatic carbocycles. The summed E-state index contributed by atoms with van der Waals surface area (Å²) in [5.41, 5.74) is 1.14. The van der Waals surface area contributed by atoms with Crippen LogP contribution >= 0.6 is 11.8 Å². The zero-order valence-corrected chi connectivity index (χ0v) is 7.32. The molecule has 0 aromatic rings. The predicted octanol–water partition coefficient (Wildman–Crippen LogP) is 2.51. The van der Waals surface area contributed by atoms with Crippen LogP contribution in [-0.2, 0) is 0 Å². The van der Waals surface area contributed by atoms with Gasteiger partial charge >= 0.3 is 0 Å². The molecule has 10 heavy (non-hydrogen) atoms. The first-order valence-electron chi connectivity index (χ1n) is 3.09. The van der Waals surface area contributed by atoms with E-state index in [4.69, 9.17) is 0 Å². The van der Waals surface area contributed by atoms with E-state index in [0.29, 0.717) is 0 Å². The molecule has 0 spiro atoms. The van der Waals surface area contributed by atoms with E-state index in [1.807, 2.05) is 31.5 Å². The van der Waals surface area contributed by atoms with Gasteiger partial charge in [-0.15, -0.1) is 11.8 Å². The number of hydrogen-bond acceptors (Lipinski definition) is 2. The second kappa shape index (κ2) is 6.62. The fraction of sp³-hybridized carbons (Fsp3) is 0.375. The van der Waals surface area contributed by atoms with Gasteiger partial charge in [-0.25, -0.2) is 0 Å². The lowest BCUT2D eigenvalue weighted by Crippen LogP contribution is -1.72. The molecule has 0 aliphatic rings. The third kappa shape index (κ3) is 5.63. The number of allylic oxidation sites excluding steroid dienone is 3. The van der Waals surface area contributed by atoms with E-state index >= 15 is 0 Å². The van der Waals surface area contributed by atoms with Gasteiger partial charge in [0, 0.05) is 6.21 Å². The molecule has 2 heteroatoms. The van der Waals surface area contributed by atoms with Gasteiger partial charge < -0.3 is 0 Å². The lowest BCUT2D eigenvalue weighted by Gasteiger charge is -1.85. The molecule has 0 N–H and O–H groups in total. The highest BCUT2D eigenvalue weighted by Crippen LogP contribution is 1.92. The van der Waals surface area contributed by atoms with Gasteiger partial charge in [-0.3, -0.25) is 4.99 Å². The molecule has 0 aliphatic heterocycles.